The summed E-state index contributed by atoms with van der Waals surface area (Å²) in [4.78, 5) is 38.0. The zero-order valence-corrected chi connectivity index (χ0v) is 14.0. The molecule has 0 radical (unpaired) electrons. The molecule has 128 valence electrons. The first-order valence-electron chi connectivity index (χ1n) is 7.32. The lowest BCUT2D eigenvalue weighted by atomic mass is 10.1. The van der Waals surface area contributed by atoms with Crippen LogP contribution >= 0.6 is 0 Å². The molecule has 0 atom stereocenters. The summed E-state index contributed by atoms with van der Waals surface area (Å²) in [7, 11) is -3.72. The molecule has 2 aromatic carbocycles. The molecule has 0 saturated heterocycles. The van der Waals surface area contributed by atoms with E-state index in [2.05, 4.69) is 0 Å². The van der Waals surface area contributed by atoms with Crippen molar-refractivity contribution in [1.82, 2.24) is 9.62 Å². The second kappa shape index (κ2) is 6.14. The lowest BCUT2D eigenvalue weighted by Crippen LogP contribution is -2.29. The van der Waals surface area contributed by atoms with Crippen LogP contribution in [-0.2, 0) is 16.6 Å². The van der Waals surface area contributed by atoms with Crippen LogP contribution in [0.1, 0.15) is 36.6 Å². The number of carbonyl (C=O) groups excluding carboxylic acids is 3. The summed E-state index contributed by atoms with van der Waals surface area (Å²) in [6, 6.07) is 13.0. The minimum Gasteiger partial charge on any atom is -0.270 e. The average Bonchev–Trinajstić information content (AvgIpc) is 2.79. The van der Waals surface area contributed by atoms with Crippen LogP contribution in [0.4, 0.5) is 0 Å². The smallest absolute Gasteiger partial charge is 0.264 e. The Morgan fingerprint density at radius 3 is 2.28 bits per heavy atom. The van der Waals surface area contributed by atoms with E-state index in [1.54, 1.807) is 24.3 Å². The summed E-state index contributed by atoms with van der Waals surface area (Å²) in [5, 5.41) is 0. The fourth-order valence-electron chi connectivity index (χ4n) is 2.57. The second-order valence-electron chi connectivity index (χ2n) is 5.65. The van der Waals surface area contributed by atoms with Gasteiger partial charge in [-0.15, -0.1) is 0 Å². The van der Waals surface area contributed by atoms with E-state index >= 15 is 0 Å². The Kier molecular flexibility index (Phi) is 4.13. The van der Waals surface area contributed by atoms with E-state index in [0.29, 0.717) is 0 Å². The predicted octanol–water partition coefficient (Wildman–Crippen LogP) is 1.17. The third-order valence-electron chi connectivity index (χ3n) is 3.69. The summed E-state index contributed by atoms with van der Waals surface area (Å²) in [6.45, 7) is 0.123. The van der Waals surface area contributed by atoms with Crippen molar-refractivity contribution in [2.24, 2.45) is 0 Å². The number of rotatable bonds is 4. The fraction of sp³-hybridized carbons (Fsp3) is 0.118. The summed E-state index contributed by atoms with van der Waals surface area (Å²) in [5.74, 6) is -1.82. The van der Waals surface area contributed by atoms with Gasteiger partial charge in [-0.3, -0.25) is 19.3 Å². The highest BCUT2D eigenvalue weighted by Gasteiger charge is 2.36. The van der Waals surface area contributed by atoms with Crippen molar-refractivity contribution in [3.8, 4) is 0 Å². The molecule has 1 aliphatic rings. The quantitative estimate of drug-likeness (QED) is 0.827. The van der Waals surface area contributed by atoms with Gasteiger partial charge in [-0.2, -0.15) is 0 Å². The molecular weight excluding hydrogens is 344 g/mol. The minimum atomic E-state index is -3.72. The Bertz CT molecular complexity index is 983. The standard InChI is InChI=1S/C17H14N2O5S/c1-25(23,24)18-15(20)12-7-8-13-14(9-12)17(22)19(16(13)21)10-11-5-3-2-4-6-11/h2-9H,10H2,1H3,(H,18,20). The van der Waals surface area contributed by atoms with Crippen molar-refractivity contribution in [3.63, 3.8) is 0 Å². The fourth-order valence-corrected chi connectivity index (χ4v) is 3.02. The van der Waals surface area contributed by atoms with Crippen molar-refractivity contribution >= 4 is 27.7 Å². The number of sulfonamides is 1. The molecular formula is C17H14N2O5S. The number of benzene rings is 2. The molecule has 0 saturated carbocycles. The lowest BCUT2D eigenvalue weighted by molar-refractivity contribution is 0.0642. The summed E-state index contributed by atoms with van der Waals surface area (Å²) >= 11 is 0. The molecule has 8 heteroatoms. The SMILES string of the molecule is CS(=O)(=O)NC(=O)c1ccc2c(c1)C(=O)N(Cc1ccccc1)C2=O. The van der Waals surface area contributed by atoms with Gasteiger partial charge >= 0.3 is 0 Å². The molecule has 3 rings (SSSR count). The van der Waals surface area contributed by atoms with Crippen LogP contribution in [0.15, 0.2) is 48.5 Å². The van der Waals surface area contributed by atoms with E-state index in [9.17, 15) is 22.8 Å². The maximum atomic E-state index is 12.5. The highest BCUT2D eigenvalue weighted by molar-refractivity contribution is 7.89. The van der Waals surface area contributed by atoms with Gasteiger partial charge in [0.1, 0.15) is 0 Å². The van der Waals surface area contributed by atoms with E-state index in [1.165, 1.54) is 18.2 Å². The van der Waals surface area contributed by atoms with Gasteiger partial charge in [0, 0.05) is 5.56 Å². The third-order valence-corrected chi connectivity index (χ3v) is 4.25. The summed E-state index contributed by atoms with van der Waals surface area (Å²) in [6.07, 6.45) is 0.856. The van der Waals surface area contributed by atoms with Gasteiger partial charge in [-0.1, -0.05) is 30.3 Å². The monoisotopic (exact) mass is 358 g/mol. The minimum absolute atomic E-state index is 0.00751. The van der Waals surface area contributed by atoms with E-state index in [0.717, 1.165) is 16.7 Å². The maximum Gasteiger partial charge on any atom is 0.264 e. The number of fused-ring (bicyclic) bond motifs is 1. The number of hydrogen-bond acceptors (Lipinski definition) is 5. The number of amides is 3. The molecule has 0 unspecified atom stereocenters. The molecule has 25 heavy (non-hydrogen) atoms. The van der Waals surface area contributed by atoms with Crippen molar-refractivity contribution in [3.05, 3.63) is 70.8 Å². The van der Waals surface area contributed by atoms with Gasteiger partial charge in [-0.25, -0.2) is 13.1 Å². The van der Waals surface area contributed by atoms with Crippen LogP contribution in [0.5, 0.6) is 0 Å². The Morgan fingerprint density at radius 2 is 1.64 bits per heavy atom. The number of nitrogens with one attached hydrogen (secondary N) is 1. The Morgan fingerprint density at radius 1 is 1.00 bits per heavy atom. The molecule has 0 aliphatic carbocycles. The average molecular weight is 358 g/mol. The molecule has 0 fully saturated rings. The molecule has 0 bridgehead atoms. The van der Waals surface area contributed by atoms with Crippen molar-refractivity contribution in [1.29, 1.82) is 0 Å². The van der Waals surface area contributed by atoms with E-state index in [-0.39, 0.29) is 23.2 Å². The van der Waals surface area contributed by atoms with Crippen molar-refractivity contribution < 1.29 is 22.8 Å². The molecule has 1 N–H and O–H groups in total. The first kappa shape index (κ1) is 16.8. The van der Waals surface area contributed by atoms with E-state index in [4.69, 9.17) is 0 Å². The molecule has 3 amide bonds. The van der Waals surface area contributed by atoms with Crippen LogP contribution < -0.4 is 4.72 Å². The molecule has 2 aromatic rings. The van der Waals surface area contributed by atoms with Crippen molar-refractivity contribution in [2.75, 3.05) is 6.26 Å². The molecule has 1 aliphatic heterocycles. The van der Waals surface area contributed by atoms with Crippen LogP contribution in [0, 0.1) is 0 Å². The highest BCUT2D eigenvalue weighted by Crippen LogP contribution is 2.25. The normalized spacial score (nSPS) is 13.7. The maximum absolute atomic E-state index is 12.5. The number of nitrogens with zero attached hydrogens (tertiary/aromatic N) is 1. The number of hydrogen-bond donors (Lipinski definition) is 1. The van der Waals surface area contributed by atoms with Gasteiger partial charge in [0.25, 0.3) is 17.7 Å². The number of carbonyl (C=O) groups is 3. The number of imide groups is 1. The zero-order valence-electron chi connectivity index (χ0n) is 13.2. The first-order valence-corrected chi connectivity index (χ1v) is 9.22. The van der Waals surface area contributed by atoms with Crippen molar-refractivity contribution in [2.45, 2.75) is 6.54 Å². The lowest BCUT2D eigenvalue weighted by Gasteiger charge is -2.13. The second-order valence-corrected chi connectivity index (χ2v) is 7.39. The molecule has 7 nitrogen and oxygen atoms in total. The van der Waals surface area contributed by atoms with Gasteiger partial charge in [0.05, 0.1) is 23.9 Å². The van der Waals surface area contributed by atoms with Gasteiger partial charge in [0.15, 0.2) is 0 Å². The molecule has 0 aromatic heterocycles. The Labute approximate surface area is 144 Å². The summed E-state index contributed by atoms with van der Waals surface area (Å²) < 4.78 is 24.1. The van der Waals surface area contributed by atoms with Gasteiger partial charge in [0.2, 0.25) is 10.0 Å². The largest absolute Gasteiger partial charge is 0.270 e. The summed E-state index contributed by atoms with van der Waals surface area (Å²) in [5.41, 5.74) is 1.07. The molecule has 1 heterocycles. The van der Waals surface area contributed by atoms with E-state index in [1.807, 2.05) is 10.8 Å². The van der Waals surface area contributed by atoms with Gasteiger partial charge < -0.3 is 0 Å². The first-order chi connectivity index (χ1) is 11.8. The van der Waals surface area contributed by atoms with Crippen LogP contribution in [0.2, 0.25) is 0 Å². The molecule has 0 spiro atoms. The van der Waals surface area contributed by atoms with Crippen LogP contribution in [0.25, 0.3) is 0 Å². The topological polar surface area (TPSA) is 101 Å². The Balaban J connectivity index is 1.89. The van der Waals surface area contributed by atoms with Crippen LogP contribution in [-0.4, -0.2) is 37.3 Å². The van der Waals surface area contributed by atoms with Gasteiger partial charge in [-0.05, 0) is 23.8 Å². The third kappa shape index (κ3) is 3.43. The predicted molar refractivity (Wildman–Crippen MR) is 89.4 cm³/mol. The zero-order chi connectivity index (χ0) is 18.2. The van der Waals surface area contributed by atoms with Crippen LogP contribution in [0.3, 0.4) is 0 Å². The van der Waals surface area contributed by atoms with E-state index < -0.39 is 27.7 Å². The Hall–Kier alpha value is -3.00. The highest BCUT2D eigenvalue weighted by atomic mass is 32.2.